The van der Waals surface area contributed by atoms with Gasteiger partial charge in [-0.25, -0.2) is 4.79 Å². The van der Waals surface area contributed by atoms with E-state index < -0.39 is 42.7 Å². The van der Waals surface area contributed by atoms with Crippen molar-refractivity contribution < 1.29 is 41.8 Å². The van der Waals surface area contributed by atoms with Gasteiger partial charge in [0.2, 0.25) is 0 Å². The minimum Gasteiger partial charge on any atom is -0.493 e. The molecular formula is C28H27F3N2O6. The number of methoxy groups -OCH3 is 1. The van der Waals surface area contributed by atoms with Gasteiger partial charge < -0.3 is 24.8 Å². The Balaban J connectivity index is 1.56. The number of amides is 2. The van der Waals surface area contributed by atoms with Gasteiger partial charge in [-0.15, -0.1) is 0 Å². The summed E-state index contributed by atoms with van der Waals surface area (Å²) in [6, 6.07) is 12.1. The fourth-order valence-corrected chi connectivity index (χ4v) is 3.79. The Morgan fingerprint density at radius 2 is 1.49 bits per heavy atom. The Morgan fingerprint density at radius 1 is 0.821 bits per heavy atom. The van der Waals surface area contributed by atoms with Crippen LogP contribution >= 0.6 is 0 Å². The van der Waals surface area contributed by atoms with E-state index in [1.165, 1.54) is 37.4 Å². The zero-order chi connectivity index (χ0) is 28.7. The summed E-state index contributed by atoms with van der Waals surface area (Å²) in [7, 11) is 1.32. The van der Waals surface area contributed by atoms with Gasteiger partial charge in [0.1, 0.15) is 0 Å². The molecule has 0 bridgehead atoms. The number of alkyl halides is 3. The van der Waals surface area contributed by atoms with E-state index in [2.05, 4.69) is 10.6 Å². The molecule has 2 N–H and O–H groups in total. The van der Waals surface area contributed by atoms with Crippen molar-refractivity contribution in [2.45, 2.75) is 26.9 Å². The smallest absolute Gasteiger partial charge is 0.416 e. The van der Waals surface area contributed by atoms with Crippen LogP contribution in [0.3, 0.4) is 0 Å². The van der Waals surface area contributed by atoms with Gasteiger partial charge in [-0.3, -0.25) is 9.59 Å². The van der Waals surface area contributed by atoms with E-state index in [9.17, 15) is 27.6 Å². The third kappa shape index (κ3) is 7.97. The maximum Gasteiger partial charge on any atom is 0.416 e. The van der Waals surface area contributed by atoms with Gasteiger partial charge >= 0.3 is 12.1 Å². The molecule has 3 aromatic rings. The van der Waals surface area contributed by atoms with Gasteiger partial charge in [0.25, 0.3) is 11.8 Å². The molecule has 0 saturated carbocycles. The Hall–Kier alpha value is -4.54. The average molecular weight is 545 g/mol. The summed E-state index contributed by atoms with van der Waals surface area (Å²) in [6.45, 7) is 4.64. The molecule has 2 amide bonds. The van der Waals surface area contributed by atoms with Crippen LogP contribution < -0.4 is 20.1 Å². The molecule has 0 spiro atoms. The van der Waals surface area contributed by atoms with Crippen molar-refractivity contribution in [1.29, 1.82) is 0 Å². The molecule has 8 nitrogen and oxygen atoms in total. The van der Waals surface area contributed by atoms with Gasteiger partial charge in [-0.05, 0) is 68.3 Å². The normalized spacial score (nSPS) is 10.9. The highest BCUT2D eigenvalue weighted by Gasteiger charge is 2.30. The summed E-state index contributed by atoms with van der Waals surface area (Å²) in [6.07, 6.45) is -4.55. The number of anilines is 2. The van der Waals surface area contributed by atoms with Gasteiger partial charge in [-0.2, -0.15) is 13.2 Å². The number of halogens is 3. The highest BCUT2D eigenvalue weighted by atomic mass is 19.4. The van der Waals surface area contributed by atoms with E-state index in [1.54, 1.807) is 0 Å². The van der Waals surface area contributed by atoms with Crippen molar-refractivity contribution in [3.05, 3.63) is 82.4 Å². The van der Waals surface area contributed by atoms with Crippen molar-refractivity contribution in [3.8, 4) is 11.5 Å². The van der Waals surface area contributed by atoms with Crippen LogP contribution in [0.1, 0.15) is 32.6 Å². The van der Waals surface area contributed by atoms with Gasteiger partial charge in [0, 0.05) is 11.4 Å². The highest BCUT2D eigenvalue weighted by molar-refractivity contribution is 5.96. The van der Waals surface area contributed by atoms with Crippen LogP contribution in [0, 0.1) is 20.8 Å². The van der Waals surface area contributed by atoms with Crippen LogP contribution in [0.4, 0.5) is 24.5 Å². The van der Waals surface area contributed by atoms with Crippen molar-refractivity contribution in [3.63, 3.8) is 0 Å². The molecule has 0 fully saturated rings. The lowest BCUT2D eigenvalue weighted by Crippen LogP contribution is -2.22. The van der Waals surface area contributed by atoms with E-state index in [0.29, 0.717) is 5.69 Å². The number of rotatable bonds is 9. The highest BCUT2D eigenvalue weighted by Crippen LogP contribution is 2.31. The molecule has 0 saturated heterocycles. The van der Waals surface area contributed by atoms with Gasteiger partial charge in [0.15, 0.2) is 24.7 Å². The van der Waals surface area contributed by atoms with Crippen LogP contribution in [0.2, 0.25) is 0 Å². The summed E-state index contributed by atoms with van der Waals surface area (Å²) in [5, 5.41) is 5.07. The SMILES string of the molecule is COc1cc(C(=O)OCC(=O)Nc2c(C)cc(C)cc2C)ccc1OCC(=O)Nc1cccc(C(F)(F)F)c1. The molecule has 3 aromatic carbocycles. The Kier molecular flexibility index (Phi) is 9.18. The van der Waals surface area contributed by atoms with E-state index in [-0.39, 0.29) is 22.7 Å². The predicted octanol–water partition coefficient (Wildman–Crippen LogP) is 5.45. The fraction of sp³-hybridized carbons (Fsp3) is 0.250. The number of carbonyl (C=O) groups excluding carboxylic acids is 3. The maximum absolute atomic E-state index is 12.9. The minimum absolute atomic E-state index is 0.0415. The number of aryl methyl sites for hydroxylation is 3. The first-order chi connectivity index (χ1) is 18.4. The third-order valence-electron chi connectivity index (χ3n) is 5.51. The van der Waals surface area contributed by atoms with E-state index >= 15 is 0 Å². The molecule has 0 aliphatic carbocycles. The lowest BCUT2D eigenvalue weighted by molar-refractivity contribution is -0.137. The number of hydrogen-bond donors (Lipinski definition) is 2. The van der Waals surface area contributed by atoms with Crippen LogP contribution in [-0.2, 0) is 20.5 Å². The Labute approximate surface area is 223 Å². The molecular weight excluding hydrogens is 517 g/mol. The van der Waals surface area contributed by atoms with Crippen LogP contribution in [0.25, 0.3) is 0 Å². The molecule has 0 radical (unpaired) electrons. The summed E-state index contributed by atoms with van der Waals surface area (Å²) < 4.78 is 54.3. The summed E-state index contributed by atoms with van der Waals surface area (Å²) in [4.78, 5) is 37.0. The molecule has 0 atom stereocenters. The van der Waals surface area contributed by atoms with Crippen LogP contribution in [0.5, 0.6) is 11.5 Å². The predicted molar refractivity (Wildman–Crippen MR) is 138 cm³/mol. The number of nitrogens with one attached hydrogen (secondary N) is 2. The molecule has 11 heteroatoms. The number of benzene rings is 3. The molecule has 3 rings (SSSR count). The third-order valence-corrected chi connectivity index (χ3v) is 5.51. The van der Waals surface area contributed by atoms with Crippen molar-refractivity contribution in [2.75, 3.05) is 31.0 Å². The average Bonchev–Trinajstić information content (AvgIpc) is 2.87. The molecule has 0 aliphatic heterocycles. The molecule has 0 heterocycles. The van der Waals surface area contributed by atoms with E-state index in [4.69, 9.17) is 14.2 Å². The fourth-order valence-electron chi connectivity index (χ4n) is 3.79. The quantitative estimate of drug-likeness (QED) is 0.347. The Morgan fingerprint density at radius 3 is 2.13 bits per heavy atom. The van der Waals surface area contributed by atoms with Gasteiger partial charge in [-0.1, -0.05) is 23.8 Å². The van der Waals surface area contributed by atoms with Crippen molar-refractivity contribution in [2.24, 2.45) is 0 Å². The zero-order valence-electron chi connectivity index (χ0n) is 21.7. The molecule has 0 aliphatic rings. The largest absolute Gasteiger partial charge is 0.493 e. The second-order valence-corrected chi connectivity index (χ2v) is 8.68. The lowest BCUT2D eigenvalue weighted by atomic mass is 10.1. The van der Waals surface area contributed by atoms with Crippen LogP contribution in [0.15, 0.2) is 54.6 Å². The number of esters is 1. The first kappa shape index (κ1) is 29.0. The second-order valence-electron chi connectivity index (χ2n) is 8.68. The minimum atomic E-state index is -4.55. The number of hydrogen-bond acceptors (Lipinski definition) is 6. The molecule has 0 aromatic heterocycles. The maximum atomic E-state index is 12.9. The summed E-state index contributed by atoms with van der Waals surface area (Å²) in [5.41, 5.74) is 2.62. The first-order valence-corrected chi connectivity index (χ1v) is 11.7. The van der Waals surface area contributed by atoms with Crippen molar-refractivity contribution >= 4 is 29.2 Å². The van der Waals surface area contributed by atoms with Gasteiger partial charge in [0.05, 0.1) is 18.2 Å². The lowest BCUT2D eigenvalue weighted by Gasteiger charge is -2.14. The van der Waals surface area contributed by atoms with E-state index in [0.717, 1.165) is 28.8 Å². The Bertz CT molecular complexity index is 1360. The molecule has 206 valence electrons. The number of carbonyl (C=O) groups is 3. The van der Waals surface area contributed by atoms with E-state index in [1.807, 2.05) is 32.9 Å². The van der Waals surface area contributed by atoms with Crippen LogP contribution in [-0.4, -0.2) is 38.1 Å². The number of ether oxygens (including phenoxy) is 3. The topological polar surface area (TPSA) is 103 Å². The first-order valence-electron chi connectivity index (χ1n) is 11.7. The molecule has 0 unspecified atom stereocenters. The summed E-state index contributed by atoms with van der Waals surface area (Å²) in [5.74, 6) is -1.78. The van der Waals surface area contributed by atoms with Crippen molar-refractivity contribution in [1.82, 2.24) is 0 Å². The second kappa shape index (κ2) is 12.3. The molecule has 39 heavy (non-hydrogen) atoms. The summed E-state index contributed by atoms with van der Waals surface area (Å²) >= 11 is 0. The zero-order valence-corrected chi connectivity index (χ0v) is 21.7. The standard InChI is InChI=1S/C28H27F3N2O6/c1-16-10-17(2)26(18(3)11-16)33-25(35)15-39-27(36)19-8-9-22(23(12-19)37-4)38-14-24(34)32-21-7-5-6-20(13-21)28(29,30)31/h5-13H,14-15H2,1-4H3,(H,32,34)(H,33,35). The monoisotopic (exact) mass is 544 g/mol.